The molecular formula is C8H5ClF3NO2. The molecule has 1 aromatic carbocycles. The smallest absolute Gasteiger partial charge is 0.258 e. The third kappa shape index (κ3) is 2.20. The third-order valence-electron chi connectivity index (χ3n) is 1.81. The molecule has 0 radical (unpaired) electrons. The molecule has 0 amide bonds. The van der Waals surface area contributed by atoms with Gasteiger partial charge in [-0.25, -0.2) is 0 Å². The minimum Gasteiger partial charge on any atom is -0.258 e. The first-order valence-electron chi connectivity index (χ1n) is 3.76. The van der Waals surface area contributed by atoms with Gasteiger partial charge in [0.25, 0.3) is 5.69 Å². The van der Waals surface area contributed by atoms with E-state index in [2.05, 4.69) is 0 Å². The van der Waals surface area contributed by atoms with Crippen molar-refractivity contribution < 1.29 is 18.1 Å². The molecule has 0 saturated heterocycles. The van der Waals surface area contributed by atoms with Crippen molar-refractivity contribution >= 4 is 17.3 Å². The zero-order valence-corrected chi connectivity index (χ0v) is 8.19. The van der Waals surface area contributed by atoms with Crippen molar-refractivity contribution in [2.45, 2.75) is 13.1 Å². The molecule has 0 fully saturated rings. The van der Waals surface area contributed by atoms with Crippen molar-refractivity contribution in [3.63, 3.8) is 0 Å². The zero-order valence-electron chi connectivity index (χ0n) is 7.43. The molecule has 3 nitrogen and oxygen atoms in total. The summed E-state index contributed by atoms with van der Waals surface area (Å²) in [5.74, 6) is 0. The summed E-state index contributed by atoms with van der Waals surface area (Å²) in [5.41, 5.74) is -1.80. The van der Waals surface area contributed by atoms with Crippen LogP contribution < -0.4 is 0 Å². The summed E-state index contributed by atoms with van der Waals surface area (Å²) >= 11 is 5.33. The zero-order chi connectivity index (χ0) is 11.8. The molecule has 15 heavy (non-hydrogen) atoms. The Hall–Kier alpha value is -1.30. The minimum atomic E-state index is -4.68. The van der Waals surface area contributed by atoms with Crippen molar-refractivity contribution in [2.75, 3.05) is 0 Å². The van der Waals surface area contributed by atoms with E-state index in [1.54, 1.807) is 0 Å². The molecule has 0 spiro atoms. The molecule has 0 aliphatic carbocycles. The number of nitro benzene ring substituents is 1. The van der Waals surface area contributed by atoms with Gasteiger partial charge in [0.05, 0.1) is 10.5 Å². The van der Waals surface area contributed by atoms with E-state index in [4.69, 9.17) is 11.6 Å². The highest BCUT2D eigenvalue weighted by molar-refractivity contribution is 6.33. The van der Waals surface area contributed by atoms with E-state index in [1.807, 2.05) is 0 Å². The lowest BCUT2D eigenvalue weighted by atomic mass is 10.1. The molecule has 0 N–H and O–H groups in total. The summed E-state index contributed by atoms with van der Waals surface area (Å²) in [6.07, 6.45) is -4.68. The normalized spacial score (nSPS) is 11.5. The van der Waals surface area contributed by atoms with E-state index in [1.165, 1.54) is 6.92 Å². The molecule has 0 atom stereocenters. The summed E-state index contributed by atoms with van der Waals surface area (Å²) in [4.78, 5) is 9.55. The quantitative estimate of drug-likeness (QED) is 0.555. The number of alkyl halides is 3. The van der Waals surface area contributed by atoms with Gasteiger partial charge in [-0.1, -0.05) is 17.7 Å². The lowest BCUT2D eigenvalue weighted by molar-refractivity contribution is -0.385. The van der Waals surface area contributed by atoms with Gasteiger partial charge in [0.2, 0.25) is 0 Å². The van der Waals surface area contributed by atoms with Crippen LogP contribution in [0.5, 0.6) is 0 Å². The molecule has 0 saturated carbocycles. The molecule has 0 heterocycles. The van der Waals surface area contributed by atoms with Gasteiger partial charge in [0.15, 0.2) is 0 Å². The first-order valence-corrected chi connectivity index (χ1v) is 4.13. The molecule has 7 heteroatoms. The highest BCUT2D eigenvalue weighted by atomic mass is 35.5. The van der Waals surface area contributed by atoms with Crippen LogP contribution in [0, 0.1) is 17.0 Å². The maximum Gasteiger partial charge on any atom is 0.418 e. The van der Waals surface area contributed by atoms with Gasteiger partial charge < -0.3 is 0 Å². The number of nitrogens with zero attached hydrogens (tertiary/aromatic N) is 1. The van der Waals surface area contributed by atoms with E-state index < -0.39 is 27.4 Å². The summed E-state index contributed by atoms with van der Waals surface area (Å²) in [6, 6.07) is 1.75. The maximum atomic E-state index is 12.3. The van der Waals surface area contributed by atoms with Crippen LogP contribution >= 0.6 is 11.6 Å². The molecule has 1 aromatic rings. The molecule has 0 bridgehead atoms. The third-order valence-corrected chi connectivity index (χ3v) is 2.19. The number of hydrogen-bond acceptors (Lipinski definition) is 2. The van der Waals surface area contributed by atoms with Gasteiger partial charge in [0, 0.05) is 5.56 Å². The lowest BCUT2D eigenvalue weighted by Gasteiger charge is -2.09. The maximum absolute atomic E-state index is 12.3. The predicted octanol–water partition coefficient (Wildman–Crippen LogP) is 3.58. The molecule has 82 valence electrons. The van der Waals surface area contributed by atoms with Crippen LogP contribution in [-0.4, -0.2) is 4.92 Å². The molecule has 0 aromatic heterocycles. The van der Waals surface area contributed by atoms with Gasteiger partial charge in [-0.05, 0) is 13.0 Å². The van der Waals surface area contributed by atoms with E-state index in [0.29, 0.717) is 0 Å². The Kier molecular flexibility index (Phi) is 2.90. The van der Waals surface area contributed by atoms with Crippen LogP contribution in [0.2, 0.25) is 5.02 Å². The molecule has 0 aliphatic rings. The first kappa shape index (κ1) is 11.8. The first-order chi connectivity index (χ1) is 6.75. The highest BCUT2D eigenvalue weighted by Crippen LogP contribution is 2.40. The Bertz CT molecular complexity index is 417. The van der Waals surface area contributed by atoms with Gasteiger partial charge in [0.1, 0.15) is 5.02 Å². The van der Waals surface area contributed by atoms with Gasteiger partial charge in [-0.2, -0.15) is 13.2 Å². The number of benzene rings is 1. The van der Waals surface area contributed by atoms with Gasteiger partial charge >= 0.3 is 6.18 Å². The fourth-order valence-electron chi connectivity index (χ4n) is 1.10. The standard InChI is InChI=1S/C8H5ClF3NO2/c1-4-2-3-5(8(10,11)12)6(9)7(4)13(14)15/h2-3H,1H3. The van der Waals surface area contributed by atoms with Crippen LogP contribution in [0.15, 0.2) is 12.1 Å². The fraction of sp³-hybridized carbons (Fsp3) is 0.250. The summed E-state index contributed by atoms with van der Waals surface area (Å²) < 4.78 is 37.0. The number of hydrogen-bond donors (Lipinski definition) is 0. The SMILES string of the molecule is Cc1ccc(C(F)(F)F)c(Cl)c1[N+](=O)[O-]. The monoisotopic (exact) mass is 239 g/mol. The van der Waals surface area contributed by atoms with Crippen molar-refractivity contribution in [3.8, 4) is 0 Å². The van der Waals surface area contributed by atoms with E-state index in [-0.39, 0.29) is 5.56 Å². The Morgan fingerprint density at radius 3 is 2.33 bits per heavy atom. The Balaban J connectivity index is 3.49. The van der Waals surface area contributed by atoms with Crippen LogP contribution in [-0.2, 0) is 6.18 Å². The second-order valence-corrected chi connectivity index (χ2v) is 3.23. The molecule has 0 unspecified atom stereocenters. The summed E-state index contributed by atoms with van der Waals surface area (Å²) in [6.45, 7) is 1.32. The lowest BCUT2D eigenvalue weighted by Crippen LogP contribution is -2.07. The van der Waals surface area contributed by atoms with Crippen molar-refractivity contribution in [3.05, 3.63) is 38.4 Å². The fourth-order valence-corrected chi connectivity index (χ4v) is 1.49. The summed E-state index contributed by atoms with van der Waals surface area (Å²) in [7, 11) is 0. The average molecular weight is 240 g/mol. The van der Waals surface area contributed by atoms with Crippen LogP contribution in [0.25, 0.3) is 0 Å². The van der Waals surface area contributed by atoms with Crippen LogP contribution in [0.3, 0.4) is 0 Å². The Morgan fingerprint density at radius 2 is 1.93 bits per heavy atom. The minimum absolute atomic E-state index is 0.0954. The van der Waals surface area contributed by atoms with Crippen LogP contribution in [0.1, 0.15) is 11.1 Å². The van der Waals surface area contributed by atoms with Crippen molar-refractivity contribution in [1.82, 2.24) is 0 Å². The topological polar surface area (TPSA) is 43.1 Å². The van der Waals surface area contributed by atoms with Crippen molar-refractivity contribution in [2.24, 2.45) is 0 Å². The predicted molar refractivity (Wildman–Crippen MR) is 47.8 cm³/mol. The molecule has 0 aliphatic heterocycles. The highest BCUT2D eigenvalue weighted by Gasteiger charge is 2.36. The van der Waals surface area contributed by atoms with Crippen LogP contribution in [0.4, 0.5) is 18.9 Å². The molecule has 1 rings (SSSR count). The number of halogens is 4. The largest absolute Gasteiger partial charge is 0.418 e. The average Bonchev–Trinajstić information content (AvgIpc) is 2.00. The number of rotatable bonds is 1. The Morgan fingerprint density at radius 1 is 1.40 bits per heavy atom. The van der Waals surface area contributed by atoms with Crippen molar-refractivity contribution in [1.29, 1.82) is 0 Å². The van der Waals surface area contributed by atoms with E-state index >= 15 is 0 Å². The van der Waals surface area contributed by atoms with Gasteiger partial charge in [-0.15, -0.1) is 0 Å². The second kappa shape index (κ2) is 3.69. The van der Waals surface area contributed by atoms with Gasteiger partial charge in [-0.3, -0.25) is 10.1 Å². The Labute approximate surface area is 87.6 Å². The number of nitro groups is 1. The van der Waals surface area contributed by atoms with E-state index in [9.17, 15) is 23.3 Å². The van der Waals surface area contributed by atoms with E-state index in [0.717, 1.165) is 12.1 Å². The number of aryl methyl sites for hydroxylation is 1. The summed E-state index contributed by atoms with van der Waals surface area (Å²) in [5, 5.41) is 9.61. The molecular weight excluding hydrogens is 235 g/mol. The second-order valence-electron chi connectivity index (χ2n) is 2.85.